The molecular formula is C16H20ClN. The van der Waals surface area contributed by atoms with Crippen LogP contribution < -0.4 is 5.32 Å². The summed E-state index contributed by atoms with van der Waals surface area (Å²) in [6.45, 7) is 1.13. The fourth-order valence-electron chi connectivity index (χ4n) is 3.84. The Morgan fingerprint density at radius 3 is 2.50 bits per heavy atom. The number of nitrogens with one attached hydrogen (secondary N) is 1. The van der Waals surface area contributed by atoms with Crippen LogP contribution in [0.2, 0.25) is 5.02 Å². The summed E-state index contributed by atoms with van der Waals surface area (Å²) in [5.41, 5.74) is 2.43. The standard InChI is InChI=1S/C16H20ClN/c17-14-4-2-1-3-13(14)16(11-18-12-5-6-12)9-15(10-16)7-8-15/h1-4,12,18H,5-11H2. The van der Waals surface area contributed by atoms with Gasteiger partial charge in [-0.1, -0.05) is 29.8 Å². The molecule has 0 heterocycles. The summed E-state index contributed by atoms with van der Waals surface area (Å²) in [6.07, 6.45) is 8.33. The van der Waals surface area contributed by atoms with Crippen molar-refractivity contribution in [1.82, 2.24) is 5.32 Å². The molecule has 4 rings (SSSR count). The van der Waals surface area contributed by atoms with Crippen molar-refractivity contribution in [2.24, 2.45) is 5.41 Å². The second-order valence-corrected chi connectivity index (χ2v) is 7.18. The van der Waals surface area contributed by atoms with Gasteiger partial charge >= 0.3 is 0 Å². The zero-order valence-corrected chi connectivity index (χ0v) is 11.5. The van der Waals surface area contributed by atoms with Crippen LogP contribution in [0.3, 0.4) is 0 Å². The van der Waals surface area contributed by atoms with Crippen LogP contribution in [0.5, 0.6) is 0 Å². The summed E-state index contributed by atoms with van der Waals surface area (Å²) in [5, 5.41) is 4.70. The predicted molar refractivity (Wildman–Crippen MR) is 75.1 cm³/mol. The van der Waals surface area contributed by atoms with E-state index in [0.717, 1.165) is 17.6 Å². The van der Waals surface area contributed by atoms with Gasteiger partial charge in [0.15, 0.2) is 0 Å². The predicted octanol–water partition coefficient (Wildman–Crippen LogP) is 3.90. The molecule has 3 fully saturated rings. The first-order valence-corrected chi connectivity index (χ1v) is 7.58. The van der Waals surface area contributed by atoms with Gasteiger partial charge in [-0.15, -0.1) is 0 Å². The van der Waals surface area contributed by atoms with Crippen LogP contribution in [0.25, 0.3) is 0 Å². The molecule has 3 aliphatic carbocycles. The first-order chi connectivity index (χ1) is 8.72. The maximum atomic E-state index is 6.44. The number of rotatable bonds is 4. The molecule has 2 heteroatoms. The van der Waals surface area contributed by atoms with Crippen LogP contribution in [0.1, 0.15) is 44.1 Å². The molecule has 1 N–H and O–H groups in total. The lowest BCUT2D eigenvalue weighted by molar-refractivity contribution is 0.116. The first-order valence-electron chi connectivity index (χ1n) is 7.20. The Morgan fingerprint density at radius 1 is 1.17 bits per heavy atom. The van der Waals surface area contributed by atoms with Crippen molar-refractivity contribution in [3.63, 3.8) is 0 Å². The molecule has 0 saturated heterocycles. The van der Waals surface area contributed by atoms with E-state index in [1.807, 2.05) is 12.1 Å². The fraction of sp³-hybridized carbons (Fsp3) is 0.625. The van der Waals surface area contributed by atoms with Crippen molar-refractivity contribution >= 4 is 11.6 Å². The van der Waals surface area contributed by atoms with Gasteiger partial charge in [0, 0.05) is 23.0 Å². The van der Waals surface area contributed by atoms with E-state index in [1.54, 1.807) is 0 Å². The van der Waals surface area contributed by atoms with Gasteiger partial charge in [-0.25, -0.2) is 0 Å². The monoisotopic (exact) mass is 261 g/mol. The quantitative estimate of drug-likeness (QED) is 0.867. The second-order valence-electron chi connectivity index (χ2n) is 6.77. The highest BCUT2D eigenvalue weighted by molar-refractivity contribution is 6.31. The van der Waals surface area contributed by atoms with Crippen molar-refractivity contribution < 1.29 is 0 Å². The number of halogens is 1. The Morgan fingerprint density at radius 2 is 1.89 bits per heavy atom. The van der Waals surface area contributed by atoms with Gasteiger partial charge in [0.2, 0.25) is 0 Å². The van der Waals surface area contributed by atoms with E-state index in [0.29, 0.717) is 10.8 Å². The number of benzene rings is 1. The molecule has 0 radical (unpaired) electrons. The Hall–Kier alpha value is -0.530. The van der Waals surface area contributed by atoms with E-state index in [2.05, 4.69) is 17.4 Å². The molecule has 1 nitrogen and oxygen atoms in total. The molecule has 0 aromatic heterocycles. The van der Waals surface area contributed by atoms with E-state index in [4.69, 9.17) is 11.6 Å². The molecule has 3 aliphatic rings. The second kappa shape index (κ2) is 3.74. The van der Waals surface area contributed by atoms with Gasteiger partial charge in [0.05, 0.1) is 0 Å². The van der Waals surface area contributed by atoms with Crippen LogP contribution in [-0.4, -0.2) is 12.6 Å². The van der Waals surface area contributed by atoms with E-state index in [1.165, 1.54) is 44.1 Å². The Kier molecular flexibility index (Phi) is 2.35. The molecule has 0 aliphatic heterocycles. The lowest BCUT2D eigenvalue weighted by Gasteiger charge is -2.50. The molecule has 1 aromatic carbocycles. The van der Waals surface area contributed by atoms with Crippen LogP contribution in [-0.2, 0) is 5.41 Å². The highest BCUT2D eigenvalue weighted by Crippen LogP contribution is 2.69. The average molecular weight is 262 g/mol. The van der Waals surface area contributed by atoms with Gasteiger partial charge < -0.3 is 5.32 Å². The van der Waals surface area contributed by atoms with Crippen molar-refractivity contribution in [3.05, 3.63) is 34.9 Å². The van der Waals surface area contributed by atoms with Crippen molar-refractivity contribution in [1.29, 1.82) is 0 Å². The Bertz CT molecular complexity index is 466. The van der Waals surface area contributed by atoms with Crippen LogP contribution in [0, 0.1) is 5.41 Å². The summed E-state index contributed by atoms with van der Waals surface area (Å²) in [5.74, 6) is 0. The van der Waals surface area contributed by atoms with Gasteiger partial charge in [0.25, 0.3) is 0 Å². The summed E-state index contributed by atoms with van der Waals surface area (Å²) in [6, 6.07) is 9.26. The molecule has 0 bridgehead atoms. The fourth-order valence-corrected chi connectivity index (χ4v) is 4.18. The highest BCUT2D eigenvalue weighted by atomic mass is 35.5. The van der Waals surface area contributed by atoms with E-state index < -0.39 is 0 Å². The lowest BCUT2D eigenvalue weighted by atomic mass is 9.56. The minimum Gasteiger partial charge on any atom is -0.313 e. The zero-order valence-electron chi connectivity index (χ0n) is 10.7. The Balaban J connectivity index is 1.60. The van der Waals surface area contributed by atoms with Gasteiger partial charge in [-0.3, -0.25) is 0 Å². The van der Waals surface area contributed by atoms with Crippen LogP contribution in [0.4, 0.5) is 0 Å². The summed E-state index contributed by atoms with van der Waals surface area (Å²) >= 11 is 6.44. The van der Waals surface area contributed by atoms with E-state index >= 15 is 0 Å². The summed E-state index contributed by atoms with van der Waals surface area (Å²) in [4.78, 5) is 0. The third kappa shape index (κ3) is 1.80. The van der Waals surface area contributed by atoms with E-state index in [-0.39, 0.29) is 0 Å². The lowest BCUT2D eigenvalue weighted by Crippen LogP contribution is -2.50. The molecule has 0 unspecified atom stereocenters. The molecule has 18 heavy (non-hydrogen) atoms. The maximum Gasteiger partial charge on any atom is 0.0444 e. The molecule has 1 spiro atoms. The van der Waals surface area contributed by atoms with Crippen molar-refractivity contribution in [2.75, 3.05) is 6.54 Å². The Labute approximate surface area is 114 Å². The van der Waals surface area contributed by atoms with Crippen LogP contribution >= 0.6 is 11.6 Å². The topological polar surface area (TPSA) is 12.0 Å². The normalized spacial score (nSPS) is 26.9. The molecule has 96 valence electrons. The zero-order chi connectivity index (χ0) is 12.2. The maximum absolute atomic E-state index is 6.44. The largest absolute Gasteiger partial charge is 0.313 e. The molecule has 3 saturated carbocycles. The highest BCUT2D eigenvalue weighted by Gasteiger charge is 2.61. The van der Waals surface area contributed by atoms with Crippen molar-refractivity contribution in [3.8, 4) is 0 Å². The minimum atomic E-state index is 0.331. The summed E-state index contributed by atoms with van der Waals surface area (Å²) in [7, 11) is 0. The van der Waals surface area contributed by atoms with Crippen molar-refractivity contribution in [2.45, 2.75) is 50.0 Å². The third-order valence-electron chi connectivity index (χ3n) is 5.14. The molecule has 1 aromatic rings. The number of hydrogen-bond donors (Lipinski definition) is 1. The SMILES string of the molecule is Clc1ccccc1C1(CNC2CC2)CC2(CC2)C1. The third-order valence-corrected chi connectivity index (χ3v) is 5.47. The average Bonchev–Trinajstić information content (AvgIpc) is 3.20. The molecule has 0 atom stereocenters. The molecule has 0 amide bonds. The molecular weight excluding hydrogens is 242 g/mol. The van der Waals surface area contributed by atoms with Gasteiger partial charge in [-0.2, -0.15) is 0 Å². The van der Waals surface area contributed by atoms with Gasteiger partial charge in [-0.05, 0) is 55.6 Å². The smallest absolute Gasteiger partial charge is 0.0444 e. The van der Waals surface area contributed by atoms with E-state index in [9.17, 15) is 0 Å². The van der Waals surface area contributed by atoms with Crippen LogP contribution in [0.15, 0.2) is 24.3 Å². The summed E-state index contributed by atoms with van der Waals surface area (Å²) < 4.78 is 0. The van der Waals surface area contributed by atoms with Gasteiger partial charge in [0.1, 0.15) is 0 Å². The minimum absolute atomic E-state index is 0.331. The first kappa shape index (κ1) is 11.3. The number of hydrogen-bond acceptors (Lipinski definition) is 1.